The molecule has 0 unspecified atom stereocenters. The maximum absolute atomic E-state index is 12.6. The Morgan fingerprint density at radius 1 is 1.32 bits per heavy atom. The lowest BCUT2D eigenvalue weighted by Crippen LogP contribution is -2.53. The predicted molar refractivity (Wildman–Crippen MR) is 91.6 cm³/mol. The van der Waals surface area contributed by atoms with Gasteiger partial charge in [-0.1, -0.05) is 11.6 Å². The number of rotatable bonds is 3. The number of nitrogens with zero attached hydrogens (tertiary/aromatic N) is 1. The fourth-order valence-corrected chi connectivity index (χ4v) is 3.05. The monoisotopic (exact) mass is 424 g/mol. The highest BCUT2D eigenvalue weighted by molar-refractivity contribution is 9.10. The molecule has 128 valence electrons. The van der Waals surface area contributed by atoms with Crippen LogP contribution in [0.4, 0.5) is 4.79 Å². The molecule has 2 aromatic rings. The van der Waals surface area contributed by atoms with Crippen LogP contribution in [-0.4, -0.2) is 27.9 Å². The average Bonchev–Trinajstić information content (AvgIpc) is 3.06. The highest BCUT2D eigenvalue weighted by Crippen LogP contribution is 2.34. The molecule has 9 heteroatoms. The Hall–Kier alpha value is -2.58. The molecule has 0 aliphatic carbocycles. The van der Waals surface area contributed by atoms with Crippen molar-refractivity contribution in [1.29, 1.82) is 0 Å². The van der Waals surface area contributed by atoms with E-state index in [1.807, 2.05) is 0 Å². The Morgan fingerprint density at radius 3 is 2.72 bits per heavy atom. The minimum atomic E-state index is -0.825. The van der Waals surface area contributed by atoms with Crippen molar-refractivity contribution in [1.82, 2.24) is 10.2 Å². The summed E-state index contributed by atoms with van der Waals surface area (Å²) >= 11 is 9.01. The molecule has 2 heterocycles. The second kappa shape index (κ2) is 6.73. The van der Waals surface area contributed by atoms with Crippen molar-refractivity contribution in [3.63, 3.8) is 0 Å². The van der Waals surface area contributed by atoms with Crippen molar-refractivity contribution in [3.05, 3.63) is 56.9 Å². The minimum absolute atomic E-state index is 0.0495. The number of hydrogen-bond acceptors (Lipinski definition) is 5. The first-order chi connectivity index (χ1) is 11.9. The molecule has 1 aliphatic heterocycles. The van der Waals surface area contributed by atoms with Crippen molar-refractivity contribution < 1.29 is 23.9 Å². The van der Waals surface area contributed by atoms with Gasteiger partial charge in [0.15, 0.2) is 0 Å². The molecule has 2 N–H and O–H groups in total. The van der Waals surface area contributed by atoms with Gasteiger partial charge in [-0.25, -0.2) is 4.79 Å². The van der Waals surface area contributed by atoms with Gasteiger partial charge in [-0.3, -0.25) is 19.8 Å². The summed E-state index contributed by atoms with van der Waals surface area (Å²) < 4.78 is 5.43. The molecule has 0 atom stereocenters. The van der Waals surface area contributed by atoms with Gasteiger partial charge in [0.05, 0.1) is 22.3 Å². The van der Waals surface area contributed by atoms with Crippen LogP contribution in [0.15, 0.2) is 45.0 Å². The Balaban J connectivity index is 1.95. The van der Waals surface area contributed by atoms with Gasteiger partial charge in [0.2, 0.25) is 0 Å². The number of amides is 4. The van der Waals surface area contributed by atoms with Gasteiger partial charge in [-0.2, -0.15) is 0 Å². The Kier molecular flexibility index (Phi) is 4.65. The number of halogens is 2. The summed E-state index contributed by atoms with van der Waals surface area (Å²) in [4.78, 5) is 37.4. The highest BCUT2D eigenvalue weighted by Gasteiger charge is 2.36. The van der Waals surface area contributed by atoms with Crippen molar-refractivity contribution in [2.45, 2.75) is 6.54 Å². The third-order valence-electron chi connectivity index (χ3n) is 3.43. The lowest BCUT2D eigenvalue weighted by Gasteiger charge is -2.25. The van der Waals surface area contributed by atoms with Gasteiger partial charge >= 0.3 is 6.03 Å². The number of furan rings is 1. The molecule has 0 spiro atoms. The van der Waals surface area contributed by atoms with Gasteiger partial charge in [0.1, 0.15) is 17.1 Å². The van der Waals surface area contributed by atoms with E-state index in [1.165, 1.54) is 24.5 Å². The third kappa shape index (κ3) is 3.45. The molecule has 7 nitrogen and oxygen atoms in total. The van der Waals surface area contributed by atoms with Crippen molar-refractivity contribution in [3.8, 4) is 5.75 Å². The molecular weight excluding hydrogens is 416 g/mol. The fraction of sp³-hybridized carbons (Fsp3) is 0.0625. The van der Waals surface area contributed by atoms with Crippen LogP contribution in [-0.2, 0) is 16.1 Å². The van der Waals surface area contributed by atoms with E-state index in [1.54, 1.807) is 12.1 Å². The van der Waals surface area contributed by atoms with Crippen LogP contribution in [0.2, 0.25) is 5.02 Å². The third-order valence-corrected chi connectivity index (χ3v) is 4.32. The van der Waals surface area contributed by atoms with E-state index >= 15 is 0 Å². The number of nitrogens with one attached hydrogen (secondary N) is 1. The van der Waals surface area contributed by atoms with Crippen LogP contribution in [0.3, 0.4) is 0 Å². The summed E-state index contributed by atoms with van der Waals surface area (Å²) in [7, 11) is 0. The lowest BCUT2D eigenvalue weighted by atomic mass is 10.1. The van der Waals surface area contributed by atoms with E-state index < -0.39 is 17.8 Å². The maximum Gasteiger partial charge on any atom is 0.331 e. The zero-order valence-corrected chi connectivity index (χ0v) is 14.8. The van der Waals surface area contributed by atoms with Crippen LogP contribution >= 0.6 is 27.5 Å². The molecule has 4 amide bonds. The average molecular weight is 426 g/mol. The summed E-state index contributed by atoms with van der Waals surface area (Å²) in [5.41, 5.74) is 0.167. The first kappa shape index (κ1) is 17.2. The number of carbonyl (C=O) groups is 3. The standard InChI is InChI=1S/C16H10BrClN2O5/c17-11-5-8(6-12(18)13(11)21)4-10-14(22)19-16(24)20(15(10)23)7-9-2-1-3-25-9/h1-6,21H,7H2,(H,19,22,24)/b10-4+. The quantitative estimate of drug-likeness (QED) is 0.581. The van der Waals surface area contributed by atoms with Crippen LogP contribution in [0.25, 0.3) is 6.08 Å². The smallest absolute Gasteiger partial charge is 0.331 e. The van der Waals surface area contributed by atoms with Gasteiger partial charge in [-0.05, 0) is 51.8 Å². The van der Waals surface area contributed by atoms with Crippen molar-refractivity contribution in [2.24, 2.45) is 0 Å². The van der Waals surface area contributed by atoms with E-state index in [9.17, 15) is 19.5 Å². The number of urea groups is 1. The highest BCUT2D eigenvalue weighted by atomic mass is 79.9. The SMILES string of the molecule is O=C1NC(=O)N(Cc2ccco2)C(=O)/C1=C/c1cc(Cl)c(O)c(Br)c1. The van der Waals surface area contributed by atoms with E-state index in [0.29, 0.717) is 15.8 Å². The Bertz CT molecular complexity index is 884. The lowest BCUT2D eigenvalue weighted by molar-refractivity contribution is -0.130. The first-order valence-electron chi connectivity index (χ1n) is 6.96. The van der Waals surface area contributed by atoms with Crippen molar-refractivity contribution >= 4 is 51.5 Å². The van der Waals surface area contributed by atoms with Crippen LogP contribution in [0.1, 0.15) is 11.3 Å². The molecule has 25 heavy (non-hydrogen) atoms. The van der Waals surface area contributed by atoms with Crippen LogP contribution in [0.5, 0.6) is 5.75 Å². The second-order valence-corrected chi connectivity index (χ2v) is 6.38. The van der Waals surface area contributed by atoms with Gasteiger partial charge in [0.25, 0.3) is 11.8 Å². The number of aromatic hydroxyl groups is 1. The van der Waals surface area contributed by atoms with Gasteiger partial charge < -0.3 is 9.52 Å². The molecule has 1 aromatic carbocycles. The molecule has 1 saturated heterocycles. The fourth-order valence-electron chi connectivity index (χ4n) is 2.23. The topological polar surface area (TPSA) is 99.9 Å². The molecule has 0 saturated carbocycles. The number of imide groups is 2. The van der Waals surface area contributed by atoms with Crippen molar-refractivity contribution in [2.75, 3.05) is 0 Å². The Labute approximate surface area is 155 Å². The number of barbiturate groups is 1. The molecule has 0 radical (unpaired) electrons. The molecule has 1 aromatic heterocycles. The molecule has 1 fully saturated rings. The number of benzene rings is 1. The summed E-state index contributed by atoms with van der Waals surface area (Å²) in [5.74, 6) is -1.33. The molecule has 1 aliphatic rings. The van der Waals surface area contributed by atoms with E-state index in [4.69, 9.17) is 16.0 Å². The first-order valence-corrected chi connectivity index (χ1v) is 8.13. The van der Waals surface area contributed by atoms with E-state index in [2.05, 4.69) is 21.2 Å². The zero-order valence-electron chi connectivity index (χ0n) is 12.5. The maximum atomic E-state index is 12.6. The molecule has 3 rings (SSSR count). The largest absolute Gasteiger partial charge is 0.505 e. The zero-order chi connectivity index (χ0) is 18.1. The van der Waals surface area contributed by atoms with Gasteiger partial charge in [-0.15, -0.1) is 0 Å². The van der Waals surface area contributed by atoms with E-state index in [0.717, 1.165) is 4.90 Å². The Morgan fingerprint density at radius 2 is 2.08 bits per heavy atom. The summed E-state index contributed by atoms with van der Waals surface area (Å²) in [6.45, 7) is -0.109. The number of hydrogen-bond donors (Lipinski definition) is 2. The predicted octanol–water partition coefficient (Wildman–Crippen LogP) is 3.06. The molecular formula is C16H10BrClN2O5. The number of phenolic OH excluding ortho intramolecular Hbond substituents is 1. The summed E-state index contributed by atoms with van der Waals surface area (Å²) in [6, 6.07) is 5.29. The second-order valence-electron chi connectivity index (χ2n) is 5.12. The summed E-state index contributed by atoms with van der Waals surface area (Å²) in [5, 5.41) is 11.8. The van der Waals surface area contributed by atoms with Gasteiger partial charge in [0, 0.05) is 0 Å². The van der Waals surface area contributed by atoms with E-state index in [-0.39, 0.29) is 22.9 Å². The number of carbonyl (C=O) groups excluding carboxylic acids is 3. The summed E-state index contributed by atoms with van der Waals surface area (Å²) in [6.07, 6.45) is 2.70. The van der Waals surface area contributed by atoms with Crippen LogP contribution < -0.4 is 5.32 Å². The molecule has 0 bridgehead atoms. The normalized spacial score (nSPS) is 16.5. The van der Waals surface area contributed by atoms with Crippen LogP contribution in [0, 0.1) is 0 Å². The minimum Gasteiger partial charge on any atom is -0.505 e. The number of phenols is 1.